The molecule has 3 aromatic carbocycles. The molecule has 4 aromatic rings. The fourth-order valence-electron chi connectivity index (χ4n) is 5.23. The number of aliphatic hydroxyl groups excluding tert-OH is 1. The summed E-state index contributed by atoms with van der Waals surface area (Å²) in [6.07, 6.45) is 6.18. The number of fused-ring (bicyclic) bond motifs is 1. The molecule has 5 nitrogen and oxygen atoms in total. The summed E-state index contributed by atoms with van der Waals surface area (Å²) in [5, 5.41) is 19.1. The van der Waals surface area contributed by atoms with E-state index in [2.05, 4.69) is 29.7 Å². The van der Waals surface area contributed by atoms with Gasteiger partial charge in [0.2, 0.25) is 0 Å². The first-order valence-electron chi connectivity index (χ1n) is 13.0. The van der Waals surface area contributed by atoms with Gasteiger partial charge in [-0.15, -0.1) is 0 Å². The van der Waals surface area contributed by atoms with Gasteiger partial charge in [-0.2, -0.15) is 0 Å². The number of hydrogen-bond donors (Lipinski definition) is 2. The predicted octanol–water partition coefficient (Wildman–Crippen LogP) is 7.82. The van der Waals surface area contributed by atoms with Gasteiger partial charge in [-0.25, -0.2) is 0 Å². The Hall–Kier alpha value is -4.38. The fraction of sp³-hybridized carbons (Fsp3) is 0.212. The Balaban J connectivity index is 0.00000107. The average molecular weight is 508 g/mol. The van der Waals surface area contributed by atoms with Crippen LogP contribution in [-0.4, -0.2) is 27.0 Å². The Labute approximate surface area is 223 Å². The molecule has 1 aliphatic rings. The van der Waals surface area contributed by atoms with Crippen LogP contribution in [0.1, 0.15) is 60.5 Å². The molecule has 194 valence electrons. The third-order valence-corrected chi connectivity index (χ3v) is 6.98. The van der Waals surface area contributed by atoms with Crippen molar-refractivity contribution in [2.45, 2.75) is 45.6 Å². The van der Waals surface area contributed by atoms with E-state index >= 15 is 0 Å². The maximum atomic E-state index is 14.3. The predicted molar refractivity (Wildman–Crippen MR) is 152 cm³/mol. The molecule has 2 N–H and O–H groups in total. The number of carbonyl (C=O) groups is 2. The Bertz CT molecular complexity index is 1460. The van der Waals surface area contributed by atoms with Crippen molar-refractivity contribution in [3.63, 3.8) is 0 Å². The van der Waals surface area contributed by atoms with Crippen molar-refractivity contribution in [1.29, 1.82) is 0 Å². The summed E-state index contributed by atoms with van der Waals surface area (Å²) in [5.74, 6) is 0.108. The highest BCUT2D eigenvalue weighted by Crippen LogP contribution is 2.38. The van der Waals surface area contributed by atoms with E-state index in [0.717, 1.165) is 47.7 Å². The molecule has 5 heteroatoms. The van der Waals surface area contributed by atoms with E-state index < -0.39 is 0 Å². The van der Waals surface area contributed by atoms with Crippen LogP contribution in [0, 0.1) is 0 Å². The van der Waals surface area contributed by atoms with Crippen LogP contribution < -0.4 is 0 Å². The minimum absolute atomic E-state index is 0.0998. The maximum absolute atomic E-state index is 14.3. The molecule has 38 heavy (non-hydrogen) atoms. The molecule has 5 rings (SSSR count). The zero-order chi connectivity index (χ0) is 26.9. The maximum Gasteiger partial charge on any atom is 0.290 e. The first-order valence-corrected chi connectivity index (χ1v) is 13.0. The molecule has 0 fully saturated rings. The van der Waals surface area contributed by atoms with Crippen LogP contribution >= 0.6 is 0 Å². The molecular weight excluding hydrogens is 474 g/mol. The molecule has 1 aromatic heterocycles. The quantitative estimate of drug-likeness (QED) is 0.206. The van der Waals surface area contributed by atoms with Crippen molar-refractivity contribution in [1.82, 2.24) is 4.57 Å². The number of allylic oxidation sites excluding steroid dienone is 4. The van der Waals surface area contributed by atoms with E-state index in [1.54, 1.807) is 0 Å². The number of carboxylic acid groups (broad SMARTS) is 1. The van der Waals surface area contributed by atoms with Gasteiger partial charge in [0.25, 0.3) is 6.47 Å². The molecule has 0 bridgehead atoms. The van der Waals surface area contributed by atoms with Gasteiger partial charge in [-0.3, -0.25) is 9.59 Å². The summed E-state index contributed by atoms with van der Waals surface area (Å²) >= 11 is 0. The molecule has 1 heterocycles. The second-order valence-electron chi connectivity index (χ2n) is 9.33. The van der Waals surface area contributed by atoms with Crippen LogP contribution in [0.3, 0.4) is 0 Å². The van der Waals surface area contributed by atoms with Gasteiger partial charge >= 0.3 is 0 Å². The molecular formula is C33H33NO4. The fourth-order valence-corrected chi connectivity index (χ4v) is 5.23. The Morgan fingerprint density at radius 1 is 0.895 bits per heavy atom. The highest BCUT2D eigenvalue weighted by atomic mass is 16.3. The Morgan fingerprint density at radius 3 is 2.18 bits per heavy atom. The number of rotatable bonds is 6. The monoisotopic (exact) mass is 507 g/mol. The number of hydrogen-bond acceptors (Lipinski definition) is 3. The molecule has 0 atom stereocenters. The van der Waals surface area contributed by atoms with E-state index in [4.69, 9.17) is 9.90 Å². The first-order chi connectivity index (χ1) is 18.6. The van der Waals surface area contributed by atoms with Crippen LogP contribution in [0.25, 0.3) is 16.5 Å². The van der Waals surface area contributed by atoms with Crippen LogP contribution in [0.5, 0.6) is 0 Å². The van der Waals surface area contributed by atoms with Crippen LogP contribution in [-0.2, 0) is 11.3 Å². The molecule has 0 amide bonds. The number of para-hydroxylation sites is 1. The summed E-state index contributed by atoms with van der Waals surface area (Å²) in [6, 6.07) is 28.4. The average Bonchev–Trinajstić information content (AvgIpc) is 3.30. The number of ketones is 1. The number of carbonyl (C=O) groups excluding carboxylic acids is 1. The second kappa shape index (κ2) is 12.7. The summed E-state index contributed by atoms with van der Waals surface area (Å²) in [7, 11) is 0. The lowest BCUT2D eigenvalue weighted by atomic mass is 9.82. The van der Waals surface area contributed by atoms with Crippen molar-refractivity contribution in [3.05, 3.63) is 125 Å². The molecule has 1 aliphatic carbocycles. The lowest BCUT2D eigenvalue weighted by molar-refractivity contribution is -0.122. The van der Waals surface area contributed by atoms with Crippen molar-refractivity contribution in [2.24, 2.45) is 0 Å². The van der Waals surface area contributed by atoms with Gasteiger partial charge in [0.15, 0.2) is 5.78 Å². The molecule has 0 aliphatic heterocycles. The van der Waals surface area contributed by atoms with Gasteiger partial charge in [0.1, 0.15) is 5.76 Å². The van der Waals surface area contributed by atoms with Gasteiger partial charge in [-0.1, -0.05) is 91.4 Å². The van der Waals surface area contributed by atoms with Crippen molar-refractivity contribution >= 4 is 28.7 Å². The summed E-state index contributed by atoms with van der Waals surface area (Å²) in [4.78, 5) is 22.7. The summed E-state index contributed by atoms with van der Waals surface area (Å²) < 4.78 is 2.14. The van der Waals surface area contributed by atoms with Crippen LogP contribution in [0.15, 0.2) is 108 Å². The SMILES string of the molecule is CCC1=C(c2ccccc2)C(C(=O)c2cn(Cc3ccccc3)c3ccccc23)=C(O)CCCC1.O=CO. The molecule has 0 saturated heterocycles. The Kier molecular flexibility index (Phi) is 8.94. The number of aliphatic hydroxyl groups is 1. The van der Waals surface area contributed by atoms with E-state index in [1.807, 2.05) is 72.9 Å². The van der Waals surface area contributed by atoms with Crippen molar-refractivity contribution < 1.29 is 19.8 Å². The second-order valence-corrected chi connectivity index (χ2v) is 9.33. The first kappa shape index (κ1) is 26.7. The van der Waals surface area contributed by atoms with E-state index in [1.165, 1.54) is 11.1 Å². The summed E-state index contributed by atoms with van der Waals surface area (Å²) in [6.45, 7) is 2.58. The molecule has 0 unspecified atom stereocenters. The van der Waals surface area contributed by atoms with E-state index in [9.17, 15) is 9.90 Å². The highest BCUT2D eigenvalue weighted by molar-refractivity contribution is 6.24. The van der Waals surface area contributed by atoms with Gasteiger partial charge in [-0.05, 0) is 48.4 Å². The van der Waals surface area contributed by atoms with Gasteiger partial charge in [0.05, 0.1) is 5.57 Å². The number of aromatic nitrogens is 1. The van der Waals surface area contributed by atoms with Crippen LogP contribution in [0.4, 0.5) is 0 Å². The smallest absolute Gasteiger partial charge is 0.290 e. The standard InChI is InChI=1S/C32H31NO2.CH2O2/c1-2-24-15-9-12-20-29(34)31(30(24)25-16-7-4-8-17-25)32(35)27-22-33(21-23-13-5-3-6-14-23)28-19-11-10-18-26(27)28;2-1-3/h3-8,10-11,13-14,16-19,22,34H,2,9,12,15,20-21H2,1H3;1H,(H,2,3). The van der Waals surface area contributed by atoms with E-state index in [0.29, 0.717) is 24.1 Å². The normalized spacial score (nSPS) is 13.9. The number of Topliss-reactive ketones (excluding diaryl/α,β-unsaturated/α-hetero) is 1. The van der Waals surface area contributed by atoms with Crippen molar-refractivity contribution in [2.75, 3.05) is 0 Å². The minimum atomic E-state index is -0.250. The van der Waals surface area contributed by atoms with E-state index in [-0.39, 0.29) is 18.0 Å². The summed E-state index contributed by atoms with van der Waals surface area (Å²) in [5.41, 5.74) is 6.45. The van der Waals surface area contributed by atoms with Gasteiger partial charge < -0.3 is 14.8 Å². The lowest BCUT2D eigenvalue weighted by Gasteiger charge is -2.21. The van der Waals surface area contributed by atoms with Crippen LogP contribution in [0.2, 0.25) is 0 Å². The minimum Gasteiger partial charge on any atom is -0.512 e. The highest BCUT2D eigenvalue weighted by Gasteiger charge is 2.28. The topological polar surface area (TPSA) is 79.5 Å². The molecule has 0 radical (unpaired) electrons. The van der Waals surface area contributed by atoms with Gasteiger partial charge in [0, 0.05) is 35.6 Å². The third-order valence-electron chi connectivity index (χ3n) is 6.98. The zero-order valence-electron chi connectivity index (χ0n) is 21.6. The molecule has 0 saturated carbocycles. The van der Waals surface area contributed by atoms with Crippen molar-refractivity contribution in [3.8, 4) is 0 Å². The largest absolute Gasteiger partial charge is 0.512 e. The molecule has 0 spiro atoms. The number of benzene rings is 3. The number of nitrogens with zero attached hydrogens (tertiary/aromatic N) is 1. The third kappa shape index (κ3) is 5.78. The lowest BCUT2D eigenvalue weighted by Crippen LogP contribution is -2.12. The Morgan fingerprint density at radius 2 is 1.50 bits per heavy atom. The zero-order valence-corrected chi connectivity index (χ0v) is 21.6.